The topological polar surface area (TPSA) is 41.3 Å². The summed E-state index contributed by atoms with van der Waals surface area (Å²) >= 11 is 0. The van der Waals surface area contributed by atoms with Gasteiger partial charge in [-0.05, 0) is 59.3 Å². The SMILES string of the molecule is CNCC1CCN(Cc2c(C)noc2C)CC1.Cl. The molecular formula is C13H24ClN3O. The molecule has 4 nitrogen and oxygen atoms in total. The minimum atomic E-state index is 0. The molecule has 1 aromatic heterocycles. The van der Waals surface area contributed by atoms with Crippen LogP contribution in [-0.4, -0.2) is 36.7 Å². The van der Waals surface area contributed by atoms with Gasteiger partial charge in [-0.3, -0.25) is 4.90 Å². The minimum absolute atomic E-state index is 0. The monoisotopic (exact) mass is 273 g/mol. The molecule has 18 heavy (non-hydrogen) atoms. The predicted octanol–water partition coefficient (Wildman–Crippen LogP) is 2.14. The molecule has 0 aliphatic carbocycles. The minimum Gasteiger partial charge on any atom is -0.361 e. The van der Waals surface area contributed by atoms with E-state index in [2.05, 4.69) is 15.4 Å². The van der Waals surface area contributed by atoms with Crippen LogP contribution in [0.2, 0.25) is 0 Å². The number of hydrogen-bond donors (Lipinski definition) is 1. The molecule has 1 aromatic rings. The van der Waals surface area contributed by atoms with Crippen LogP contribution in [0.1, 0.15) is 29.9 Å². The summed E-state index contributed by atoms with van der Waals surface area (Å²) in [7, 11) is 2.04. The first-order valence-corrected chi connectivity index (χ1v) is 6.49. The van der Waals surface area contributed by atoms with Crippen LogP contribution in [0.15, 0.2) is 4.52 Å². The van der Waals surface area contributed by atoms with Crippen molar-refractivity contribution in [1.82, 2.24) is 15.4 Å². The molecule has 0 amide bonds. The van der Waals surface area contributed by atoms with E-state index in [1.165, 1.54) is 31.5 Å². The van der Waals surface area contributed by atoms with Gasteiger partial charge in [-0.25, -0.2) is 0 Å². The number of rotatable bonds is 4. The lowest BCUT2D eigenvalue weighted by molar-refractivity contribution is 0.176. The Labute approximate surface area is 116 Å². The summed E-state index contributed by atoms with van der Waals surface area (Å²) in [5, 5.41) is 7.29. The fourth-order valence-electron chi connectivity index (χ4n) is 2.59. The van der Waals surface area contributed by atoms with E-state index in [-0.39, 0.29) is 12.4 Å². The normalized spacial score (nSPS) is 17.7. The first kappa shape index (κ1) is 15.5. The van der Waals surface area contributed by atoms with Crippen LogP contribution in [0, 0.1) is 19.8 Å². The van der Waals surface area contributed by atoms with E-state index < -0.39 is 0 Å². The van der Waals surface area contributed by atoms with E-state index >= 15 is 0 Å². The molecule has 2 heterocycles. The van der Waals surface area contributed by atoms with Crippen LogP contribution in [0.4, 0.5) is 0 Å². The molecule has 1 saturated heterocycles. The van der Waals surface area contributed by atoms with E-state index in [0.29, 0.717) is 0 Å². The van der Waals surface area contributed by atoms with Crippen LogP contribution in [-0.2, 0) is 6.54 Å². The molecule has 0 bridgehead atoms. The van der Waals surface area contributed by atoms with Gasteiger partial charge in [-0.15, -0.1) is 12.4 Å². The largest absolute Gasteiger partial charge is 0.361 e. The predicted molar refractivity (Wildman–Crippen MR) is 75.2 cm³/mol. The molecule has 0 aromatic carbocycles. The zero-order chi connectivity index (χ0) is 12.3. The first-order valence-electron chi connectivity index (χ1n) is 6.49. The second-order valence-electron chi connectivity index (χ2n) is 5.08. The number of aryl methyl sites for hydroxylation is 2. The summed E-state index contributed by atoms with van der Waals surface area (Å²) in [6.45, 7) is 8.56. The first-order chi connectivity index (χ1) is 8.20. The standard InChI is InChI=1S/C13H23N3O.ClH/c1-10-13(11(2)17-15-10)9-16-6-4-12(5-7-16)8-14-3;/h12,14H,4-9H2,1-3H3;1H. The van der Waals surface area contributed by atoms with Crippen molar-refractivity contribution in [3.63, 3.8) is 0 Å². The molecule has 0 radical (unpaired) electrons. The number of piperidine rings is 1. The molecule has 1 aliphatic rings. The molecule has 1 fully saturated rings. The lowest BCUT2D eigenvalue weighted by Crippen LogP contribution is -2.36. The van der Waals surface area contributed by atoms with Crippen molar-refractivity contribution in [2.24, 2.45) is 5.92 Å². The number of nitrogens with zero attached hydrogens (tertiary/aromatic N) is 2. The van der Waals surface area contributed by atoms with Gasteiger partial charge < -0.3 is 9.84 Å². The molecule has 0 saturated carbocycles. The van der Waals surface area contributed by atoms with Crippen molar-refractivity contribution in [3.05, 3.63) is 17.0 Å². The van der Waals surface area contributed by atoms with E-state index in [1.807, 2.05) is 20.9 Å². The third-order valence-corrected chi connectivity index (χ3v) is 3.76. The lowest BCUT2D eigenvalue weighted by atomic mass is 9.96. The van der Waals surface area contributed by atoms with Crippen LogP contribution < -0.4 is 5.32 Å². The van der Waals surface area contributed by atoms with Gasteiger partial charge in [0.2, 0.25) is 0 Å². The third kappa shape index (κ3) is 3.70. The van der Waals surface area contributed by atoms with Crippen LogP contribution >= 0.6 is 12.4 Å². The molecule has 104 valence electrons. The Hall–Kier alpha value is -0.580. The van der Waals surface area contributed by atoms with Crippen molar-refractivity contribution >= 4 is 12.4 Å². The van der Waals surface area contributed by atoms with Crippen molar-refractivity contribution in [2.45, 2.75) is 33.2 Å². The highest BCUT2D eigenvalue weighted by molar-refractivity contribution is 5.85. The van der Waals surface area contributed by atoms with Gasteiger partial charge in [-0.2, -0.15) is 0 Å². The fourth-order valence-corrected chi connectivity index (χ4v) is 2.59. The number of nitrogens with one attached hydrogen (secondary N) is 1. The molecule has 1 N–H and O–H groups in total. The van der Waals surface area contributed by atoms with Gasteiger partial charge in [0.05, 0.1) is 5.69 Å². The maximum Gasteiger partial charge on any atom is 0.138 e. The summed E-state index contributed by atoms with van der Waals surface area (Å²) < 4.78 is 5.21. The highest BCUT2D eigenvalue weighted by Gasteiger charge is 2.20. The number of likely N-dealkylation sites (tertiary alicyclic amines) is 1. The maximum atomic E-state index is 5.21. The van der Waals surface area contributed by atoms with Crippen molar-refractivity contribution in [3.8, 4) is 0 Å². The Morgan fingerprint density at radius 2 is 2.00 bits per heavy atom. The molecule has 1 aliphatic heterocycles. The highest BCUT2D eigenvalue weighted by atomic mass is 35.5. The van der Waals surface area contributed by atoms with Crippen LogP contribution in [0.5, 0.6) is 0 Å². The quantitative estimate of drug-likeness (QED) is 0.913. The van der Waals surface area contributed by atoms with Crippen molar-refractivity contribution < 1.29 is 4.52 Å². The van der Waals surface area contributed by atoms with E-state index in [0.717, 1.165) is 30.5 Å². The zero-order valence-corrected chi connectivity index (χ0v) is 12.3. The Bertz CT molecular complexity index is 340. The number of aromatic nitrogens is 1. The van der Waals surface area contributed by atoms with Gasteiger partial charge in [-0.1, -0.05) is 5.16 Å². The molecule has 0 atom stereocenters. The summed E-state index contributed by atoms with van der Waals surface area (Å²) in [6, 6.07) is 0. The van der Waals surface area contributed by atoms with E-state index in [4.69, 9.17) is 4.52 Å². The Morgan fingerprint density at radius 3 is 2.50 bits per heavy atom. The average molecular weight is 274 g/mol. The Kier molecular flexibility index (Phi) is 6.12. The molecule has 2 rings (SSSR count). The summed E-state index contributed by atoms with van der Waals surface area (Å²) in [5.74, 6) is 1.82. The van der Waals surface area contributed by atoms with Crippen LogP contribution in [0.25, 0.3) is 0 Å². The highest BCUT2D eigenvalue weighted by Crippen LogP contribution is 2.21. The second-order valence-corrected chi connectivity index (χ2v) is 5.08. The van der Waals surface area contributed by atoms with Gasteiger partial charge >= 0.3 is 0 Å². The number of halogens is 1. The van der Waals surface area contributed by atoms with Gasteiger partial charge in [0.25, 0.3) is 0 Å². The Balaban J connectivity index is 0.00000162. The summed E-state index contributed by atoms with van der Waals surface area (Å²) in [5.41, 5.74) is 2.32. The molecule has 5 heteroatoms. The molecule has 0 spiro atoms. The van der Waals surface area contributed by atoms with E-state index in [9.17, 15) is 0 Å². The third-order valence-electron chi connectivity index (χ3n) is 3.76. The summed E-state index contributed by atoms with van der Waals surface area (Å²) in [4.78, 5) is 2.51. The number of hydrogen-bond acceptors (Lipinski definition) is 4. The Morgan fingerprint density at radius 1 is 1.33 bits per heavy atom. The van der Waals surface area contributed by atoms with Gasteiger partial charge in [0.15, 0.2) is 0 Å². The van der Waals surface area contributed by atoms with Crippen molar-refractivity contribution in [1.29, 1.82) is 0 Å². The molecular weight excluding hydrogens is 250 g/mol. The van der Waals surface area contributed by atoms with Gasteiger partial charge in [0.1, 0.15) is 5.76 Å². The second kappa shape index (κ2) is 7.12. The molecule has 0 unspecified atom stereocenters. The summed E-state index contributed by atoms with van der Waals surface area (Å²) in [6.07, 6.45) is 2.59. The maximum absolute atomic E-state index is 5.21. The van der Waals surface area contributed by atoms with E-state index in [1.54, 1.807) is 0 Å². The van der Waals surface area contributed by atoms with Crippen molar-refractivity contribution in [2.75, 3.05) is 26.7 Å². The smallest absolute Gasteiger partial charge is 0.138 e. The van der Waals surface area contributed by atoms with Gasteiger partial charge in [0, 0.05) is 12.1 Å². The average Bonchev–Trinajstić information content (AvgIpc) is 2.64. The zero-order valence-electron chi connectivity index (χ0n) is 11.5. The van der Waals surface area contributed by atoms with Crippen LogP contribution in [0.3, 0.4) is 0 Å². The fraction of sp³-hybridized carbons (Fsp3) is 0.769. The lowest BCUT2D eigenvalue weighted by Gasteiger charge is -2.31.